The zero-order valence-electron chi connectivity index (χ0n) is 8.54. The van der Waals surface area contributed by atoms with Gasteiger partial charge in [0.15, 0.2) is 0 Å². The third kappa shape index (κ3) is 2.01. The molecule has 1 rings (SSSR count). The van der Waals surface area contributed by atoms with E-state index in [-0.39, 0.29) is 17.5 Å². The zero-order chi connectivity index (χ0) is 10.1. The van der Waals surface area contributed by atoms with Crippen molar-refractivity contribution in [3.8, 4) is 0 Å². The highest BCUT2D eigenvalue weighted by Gasteiger charge is 2.47. The summed E-state index contributed by atoms with van der Waals surface area (Å²) in [5.74, 6) is 0.375. The first-order valence-corrected chi connectivity index (χ1v) is 4.73. The monoisotopic (exact) mass is 176 g/mol. The summed E-state index contributed by atoms with van der Waals surface area (Å²) in [5, 5.41) is 0. The number of hydrogen-bond acceptors (Lipinski definition) is 0. The summed E-state index contributed by atoms with van der Waals surface area (Å²) in [6, 6.07) is -0.137. The van der Waals surface area contributed by atoms with Gasteiger partial charge in [0.1, 0.15) is 0 Å². The van der Waals surface area contributed by atoms with Crippen molar-refractivity contribution in [2.45, 2.75) is 45.7 Å². The van der Waals surface area contributed by atoms with Gasteiger partial charge in [0, 0.05) is 12.3 Å². The fraction of sp³-hybridized carbons (Fsp3) is 0.818. The van der Waals surface area contributed by atoms with Crippen molar-refractivity contribution < 1.29 is 0 Å². The quantitative estimate of drug-likeness (QED) is 0.502. The Morgan fingerprint density at radius 1 is 1.15 bits per heavy atom. The van der Waals surface area contributed by atoms with E-state index < -0.39 is 0 Å². The lowest BCUT2D eigenvalue weighted by Crippen LogP contribution is -2.39. The SMILES string of the molecule is [C-]#[N+]C1CC(C)(C)CC(C)C1[N+]#[C-]. The molecule has 1 saturated carbocycles. The van der Waals surface area contributed by atoms with E-state index >= 15 is 0 Å². The predicted octanol–water partition coefficient (Wildman–Crippen LogP) is 3.02. The summed E-state index contributed by atoms with van der Waals surface area (Å²) in [5.41, 5.74) is 0.246. The second-order valence-electron chi connectivity index (χ2n) is 4.87. The van der Waals surface area contributed by atoms with E-state index in [2.05, 4.69) is 30.5 Å². The summed E-state index contributed by atoms with van der Waals surface area (Å²) < 4.78 is 0. The molecular weight excluding hydrogens is 160 g/mol. The maximum absolute atomic E-state index is 7.08. The molecule has 13 heavy (non-hydrogen) atoms. The third-order valence-corrected chi connectivity index (χ3v) is 2.93. The van der Waals surface area contributed by atoms with Crippen molar-refractivity contribution in [2.24, 2.45) is 11.3 Å². The maximum Gasteiger partial charge on any atom is 0.299 e. The Balaban J connectivity index is 2.84. The molecule has 0 heterocycles. The minimum absolute atomic E-state index is 0.0643. The van der Waals surface area contributed by atoms with Gasteiger partial charge in [-0.2, -0.15) is 0 Å². The molecule has 0 amide bonds. The molecule has 2 heteroatoms. The molecule has 0 N–H and O–H groups in total. The zero-order valence-corrected chi connectivity index (χ0v) is 8.54. The fourth-order valence-electron chi connectivity index (χ4n) is 2.48. The predicted molar refractivity (Wildman–Crippen MR) is 53.0 cm³/mol. The first kappa shape index (κ1) is 10.1. The lowest BCUT2D eigenvalue weighted by molar-refractivity contribution is 0.175. The molecule has 0 aromatic carbocycles. The van der Waals surface area contributed by atoms with Crippen LogP contribution in [0, 0.1) is 24.5 Å². The van der Waals surface area contributed by atoms with Gasteiger partial charge in [-0.3, -0.25) is 0 Å². The Hall–Kier alpha value is -1.02. The van der Waals surface area contributed by atoms with Crippen LogP contribution in [0.25, 0.3) is 9.69 Å². The Kier molecular flexibility index (Phi) is 2.62. The smallest absolute Gasteiger partial charge is 0.299 e. The molecule has 0 radical (unpaired) electrons. The van der Waals surface area contributed by atoms with Crippen molar-refractivity contribution in [1.82, 2.24) is 0 Å². The van der Waals surface area contributed by atoms with E-state index in [9.17, 15) is 0 Å². The van der Waals surface area contributed by atoms with Crippen LogP contribution in [0.4, 0.5) is 0 Å². The molecule has 2 nitrogen and oxygen atoms in total. The number of nitrogens with zero attached hydrogens (tertiary/aromatic N) is 2. The molecular formula is C11H16N2. The van der Waals surface area contributed by atoms with Crippen LogP contribution in [0.3, 0.4) is 0 Å². The van der Waals surface area contributed by atoms with E-state index in [1.807, 2.05) is 0 Å². The largest absolute Gasteiger partial charge is 0.305 e. The van der Waals surface area contributed by atoms with Crippen LogP contribution in [0.5, 0.6) is 0 Å². The van der Waals surface area contributed by atoms with Gasteiger partial charge >= 0.3 is 0 Å². The Bertz CT molecular complexity index is 267. The van der Waals surface area contributed by atoms with E-state index in [0.717, 1.165) is 12.8 Å². The Morgan fingerprint density at radius 2 is 1.77 bits per heavy atom. The molecule has 0 saturated heterocycles. The van der Waals surface area contributed by atoms with Crippen molar-refractivity contribution in [2.75, 3.05) is 0 Å². The second kappa shape index (κ2) is 3.38. The van der Waals surface area contributed by atoms with Crippen LogP contribution in [0.2, 0.25) is 0 Å². The molecule has 70 valence electrons. The molecule has 0 aromatic heterocycles. The summed E-state index contributed by atoms with van der Waals surface area (Å²) in [4.78, 5) is 7.16. The number of hydrogen-bond donors (Lipinski definition) is 0. The molecule has 1 aliphatic carbocycles. The van der Waals surface area contributed by atoms with Gasteiger partial charge in [0.25, 0.3) is 12.1 Å². The molecule has 1 fully saturated rings. The van der Waals surface area contributed by atoms with Gasteiger partial charge in [0.05, 0.1) is 0 Å². The molecule has 0 aromatic rings. The molecule has 0 spiro atoms. The highest BCUT2D eigenvalue weighted by molar-refractivity contribution is 5.06. The highest BCUT2D eigenvalue weighted by Crippen LogP contribution is 2.41. The van der Waals surface area contributed by atoms with Crippen LogP contribution in [0.1, 0.15) is 33.6 Å². The lowest BCUT2D eigenvalue weighted by atomic mass is 9.68. The van der Waals surface area contributed by atoms with Gasteiger partial charge in [0.2, 0.25) is 0 Å². The Morgan fingerprint density at radius 3 is 2.23 bits per heavy atom. The minimum Gasteiger partial charge on any atom is -0.305 e. The topological polar surface area (TPSA) is 8.72 Å². The second-order valence-corrected chi connectivity index (χ2v) is 4.87. The van der Waals surface area contributed by atoms with E-state index in [1.165, 1.54) is 0 Å². The summed E-state index contributed by atoms with van der Waals surface area (Å²) >= 11 is 0. The van der Waals surface area contributed by atoms with Gasteiger partial charge in [-0.05, 0) is 11.8 Å². The van der Waals surface area contributed by atoms with Crippen LogP contribution in [0.15, 0.2) is 0 Å². The molecule has 0 bridgehead atoms. The third-order valence-electron chi connectivity index (χ3n) is 2.93. The van der Waals surface area contributed by atoms with Gasteiger partial charge in [-0.1, -0.05) is 20.8 Å². The lowest BCUT2D eigenvalue weighted by Gasteiger charge is -2.34. The van der Waals surface area contributed by atoms with E-state index in [4.69, 9.17) is 13.1 Å². The molecule has 3 atom stereocenters. The molecule has 3 unspecified atom stereocenters. The summed E-state index contributed by atoms with van der Waals surface area (Å²) in [6.07, 6.45) is 1.96. The van der Waals surface area contributed by atoms with Crippen molar-refractivity contribution >= 4 is 0 Å². The first-order chi connectivity index (χ1) is 6.00. The van der Waals surface area contributed by atoms with Crippen LogP contribution >= 0.6 is 0 Å². The average Bonchev–Trinajstić information content (AvgIpc) is 2.01. The van der Waals surface area contributed by atoms with Crippen LogP contribution in [-0.2, 0) is 0 Å². The van der Waals surface area contributed by atoms with E-state index in [0.29, 0.717) is 5.92 Å². The molecule has 0 aliphatic heterocycles. The van der Waals surface area contributed by atoms with Crippen LogP contribution < -0.4 is 0 Å². The van der Waals surface area contributed by atoms with Crippen molar-refractivity contribution in [1.29, 1.82) is 0 Å². The summed E-state index contributed by atoms with van der Waals surface area (Å²) in [6.45, 7) is 20.6. The Labute approximate surface area is 80.6 Å². The average molecular weight is 176 g/mol. The van der Waals surface area contributed by atoms with E-state index in [1.54, 1.807) is 0 Å². The summed E-state index contributed by atoms with van der Waals surface area (Å²) in [7, 11) is 0. The van der Waals surface area contributed by atoms with Crippen LogP contribution in [-0.4, -0.2) is 12.1 Å². The fourth-order valence-corrected chi connectivity index (χ4v) is 2.48. The van der Waals surface area contributed by atoms with Crippen molar-refractivity contribution in [3.63, 3.8) is 0 Å². The number of rotatable bonds is 0. The van der Waals surface area contributed by atoms with Gasteiger partial charge < -0.3 is 9.69 Å². The minimum atomic E-state index is -0.0729. The van der Waals surface area contributed by atoms with Gasteiger partial charge in [-0.15, -0.1) is 0 Å². The normalized spacial score (nSPS) is 37.5. The van der Waals surface area contributed by atoms with Crippen molar-refractivity contribution in [3.05, 3.63) is 22.8 Å². The van der Waals surface area contributed by atoms with Gasteiger partial charge in [-0.25, -0.2) is 13.1 Å². The standard InChI is InChI=1S/C11H16N2/c1-8-6-11(2,3)7-9(12-4)10(8)13-5/h8-10H,6-7H2,1-3H3. The first-order valence-electron chi connectivity index (χ1n) is 4.73. The maximum atomic E-state index is 7.08. The molecule has 1 aliphatic rings. The highest BCUT2D eigenvalue weighted by atomic mass is 14.9.